The van der Waals surface area contributed by atoms with Crippen molar-refractivity contribution in [3.8, 4) is 0 Å². The van der Waals surface area contributed by atoms with Gasteiger partial charge in [-0.2, -0.15) is 13.2 Å². The molecule has 0 aliphatic carbocycles. The number of halogens is 4. The van der Waals surface area contributed by atoms with Gasteiger partial charge in [0, 0.05) is 11.0 Å². The molecule has 22 heavy (non-hydrogen) atoms. The summed E-state index contributed by atoms with van der Waals surface area (Å²) < 4.78 is 38.7. The molecule has 0 aliphatic heterocycles. The van der Waals surface area contributed by atoms with Crippen LogP contribution >= 0.6 is 15.9 Å². The first-order chi connectivity index (χ1) is 10.3. The van der Waals surface area contributed by atoms with Gasteiger partial charge in [0.1, 0.15) is 0 Å². The highest BCUT2D eigenvalue weighted by atomic mass is 79.9. The predicted octanol–water partition coefficient (Wildman–Crippen LogP) is 4.33. The number of amides is 1. The molecule has 0 aromatic heterocycles. The van der Waals surface area contributed by atoms with Crippen molar-refractivity contribution in [3.05, 3.63) is 69.7 Å². The summed E-state index contributed by atoms with van der Waals surface area (Å²) in [5, 5.41) is 2.69. The molecule has 0 bridgehead atoms. The monoisotopic (exact) mass is 371 g/mol. The molecule has 2 aromatic rings. The van der Waals surface area contributed by atoms with Crippen molar-refractivity contribution in [3.63, 3.8) is 0 Å². The van der Waals surface area contributed by atoms with Gasteiger partial charge in [0.05, 0.1) is 12.0 Å². The third-order valence-corrected chi connectivity index (χ3v) is 3.49. The number of alkyl halides is 3. The number of nitrogens with one attached hydrogen (secondary N) is 1. The quantitative estimate of drug-likeness (QED) is 0.851. The molecule has 0 saturated carbocycles. The lowest BCUT2D eigenvalue weighted by atomic mass is 10.1. The van der Waals surface area contributed by atoms with E-state index in [0.29, 0.717) is 12.1 Å². The number of rotatable bonds is 4. The lowest BCUT2D eigenvalue weighted by Gasteiger charge is -2.09. The van der Waals surface area contributed by atoms with E-state index in [1.165, 1.54) is 12.1 Å². The van der Waals surface area contributed by atoms with E-state index in [0.717, 1.165) is 22.2 Å². The van der Waals surface area contributed by atoms with E-state index in [-0.39, 0.29) is 12.3 Å². The summed E-state index contributed by atoms with van der Waals surface area (Å²) in [6.07, 6.45) is -4.49. The number of hydrogen-bond donors (Lipinski definition) is 1. The molecule has 0 unspecified atom stereocenters. The van der Waals surface area contributed by atoms with Gasteiger partial charge in [0.15, 0.2) is 0 Å². The number of hydrogen-bond acceptors (Lipinski definition) is 1. The summed E-state index contributed by atoms with van der Waals surface area (Å²) in [4.78, 5) is 11.8. The zero-order chi connectivity index (χ0) is 16.2. The van der Waals surface area contributed by atoms with Crippen LogP contribution in [0.1, 0.15) is 16.7 Å². The van der Waals surface area contributed by atoms with Gasteiger partial charge in [-0.1, -0.05) is 46.3 Å². The fourth-order valence-corrected chi connectivity index (χ4v) is 2.40. The average Bonchev–Trinajstić information content (AvgIpc) is 2.45. The molecular weight excluding hydrogens is 359 g/mol. The van der Waals surface area contributed by atoms with Crippen LogP contribution in [0.4, 0.5) is 13.2 Å². The molecule has 0 heterocycles. The van der Waals surface area contributed by atoms with E-state index < -0.39 is 11.7 Å². The van der Waals surface area contributed by atoms with Crippen molar-refractivity contribution in [2.24, 2.45) is 0 Å². The first kappa shape index (κ1) is 16.5. The minimum Gasteiger partial charge on any atom is -0.352 e. The Balaban J connectivity index is 1.95. The van der Waals surface area contributed by atoms with Gasteiger partial charge in [0.2, 0.25) is 5.91 Å². The van der Waals surface area contributed by atoms with E-state index in [2.05, 4.69) is 21.2 Å². The van der Waals surface area contributed by atoms with Crippen LogP contribution in [-0.4, -0.2) is 5.91 Å². The lowest BCUT2D eigenvalue weighted by Crippen LogP contribution is -2.24. The van der Waals surface area contributed by atoms with Gasteiger partial charge in [-0.25, -0.2) is 0 Å². The van der Waals surface area contributed by atoms with Crippen LogP contribution in [0, 0.1) is 0 Å². The van der Waals surface area contributed by atoms with E-state index in [9.17, 15) is 18.0 Å². The van der Waals surface area contributed by atoms with Crippen molar-refractivity contribution in [2.45, 2.75) is 19.1 Å². The van der Waals surface area contributed by atoms with Gasteiger partial charge < -0.3 is 5.32 Å². The second-order valence-corrected chi connectivity index (χ2v) is 5.70. The second-order valence-electron chi connectivity index (χ2n) is 4.78. The maximum absolute atomic E-state index is 12.6. The molecule has 2 aromatic carbocycles. The number of carbonyl (C=O) groups excluding carboxylic acids is 1. The van der Waals surface area contributed by atoms with Gasteiger partial charge >= 0.3 is 6.18 Å². The fraction of sp³-hybridized carbons (Fsp3) is 0.188. The van der Waals surface area contributed by atoms with Crippen LogP contribution < -0.4 is 5.32 Å². The number of carbonyl (C=O) groups is 1. The Kier molecular flexibility index (Phi) is 5.24. The van der Waals surface area contributed by atoms with E-state index in [1.54, 1.807) is 0 Å². The Labute approximate surface area is 134 Å². The normalized spacial score (nSPS) is 11.3. The maximum Gasteiger partial charge on any atom is 0.416 e. The zero-order valence-electron chi connectivity index (χ0n) is 11.5. The SMILES string of the molecule is O=C(Cc1cccc(C(F)(F)F)c1)NCc1cccc(Br)c1. The van der Waals surface area contributed by atoms with E-state index >= 15 is 0 Å². The summed E-state index contributed by atoms with van der Waals surface area (Å²) in [6, 6.07) is 12.2. The van der Waals surface area contributed by atoms with Crippen molar-refractivity contribution in [2.75, 3.05) is 0 Å². The predicted molar refractivity (Wildman–Crippen MR) is 81.1 cm³/mol. The molecule has 6 heteroatoms. The minimum absolute atomic E-state index is 0.0854. The maximum atomic E-state index is 12.6. The second kappa shape index (κ2) is 6.96. The first-order valence-corrected chi connectivity index (χ1v) is 7.31. The van der Waals surface area contributed by atoms with Crippen LogP contribution in [0.25, 0.3) is 0 Å². The molecule has 2 rings (SSSR count). The highest BCUT2D eigenvalue weighted by Gasteiger charge is 2.30. The molecule has 0 radical (unpaired) electrons. The molecule has 0 atom stereocenters. The van der Waals surface area contributed by atoms with Crippen molar-refractivity contribution in [1.82, 2.24) is 5.32 Å². The Bertz CT molecular complexity index is 670. The lowest BCUT2D eigenvalue weighted by molar-refractivity contribution is -0.137. The van der Waals surface area contributed by atoms with Crippen LogP contribution in [0.3, 0.4) is 0 Å². The smallest absolute Gasteiger partial charge is 0.352 e. The Morgan fingerprint density at radius 3 is 2.41 bits per heavy atom. The van der Waals surface area contributed by atoms with Gasteiger partial charge in [-0.15, -0.1) is 0 Å². The molecule has 116 valence electrons. The topological polar surface area (TPSA) is 29.1 Å². The molecule has 1 amide bonds. The molecular formula is C16H13BrF3NO. The Morgan fingerprint density at radius 2 is 1.73 bits per heavy atom. The van der Waals surface area contributed by atoms with Crippen LogP contribution in [0.2, 0.25) is 0 Å². The van der Waals surface area contributed by atoms with E-state index in [1.807, 2.05) is 24.3 Å². The minimum atomic E-state index is -4.40. The van der Waals surface area contributed by atoms with Crippen molar-refractivity contribution in [1.29, 1.82) is 0 Å². The van der Waals surface area contributed by atoms with Crippen molar-refractivity contribution < 1.29 is 18.0 Å². The van der Waals surface area contributed by atoms with E-state index in [4.69, 9.17) is 0 Å². The summed E-state index contributed by atoms with van der Waals surface area (Å²) in [7, 11) is 0. The molecule has 0 spiro atoms. The molecule has 1 N–H and O–H groups in total. The Morgan fingerprint density at radius 1 is 1.05 bits per heavy atom. The number of benzene rings is 2. The highest BCUT2D eigenvalue weighted by molar-refractivity contribution is 9.10. The summed E-state index contributed by atoms with van der Waals surface area (Å²) in [5.41, 5.74) is 0.498. The standard InChI is InChI=1S/C16H13BrF3NO/c17-14-6-2-4-12(8-14)10-21-15(22)9-11-3-1-5-13(7-11)16(18,19)20/h1-8H,9-10H2,(H,21,22). The van der Waals surface area contributed by atoms with Crippen LogP contribution in [-0.2, 0) is 23.9 Å². The van der Waals surface area contributed by atoms with Gasteiger partial charge in [0.25, 0.3) is 0 Å². The molecule has 0 fully saturated rings. The Hall–Kier alpha value is -1.82. The third kappa shape index (κ3) is 4.87. The third-order valence-electron chi connectivity index (χ3n) is 3.00. The van der Waals surface area contributed by atoms with Crippen molar-refractivity contribution >= 4 is 21.8 Å². The zero-order valence-corrected chi connectivity index (χ0v) is 13.0. The molecule has 0 saturated heterocycles. The van der Waals surface area contributed by atoms with Gasteiger partial charge in [-0.05, 0) is 29.3 Å². The fourth-order valence-electron chi connectivity index (χ4n) is 1.95. The summed E-state index contributed by atoms with van der Waals surface area (Å²) in [5.74, 6) is -0.320. The summed E-state index contributed by atoms with van der Waals surface area (Å²) >= 11 is 3.33. The highest BCUT2D eigenvalue weighted by Crippen LogP contribution is 2.29. The summed E-state index contributed by atoms with van der Waals surface area (Å²) in [6.45, 7) is 0.331. The molecule has 2 nitrogen and oxygen atoms in total. The largest absolute Gasteiger partial charge is 0.416 e. The first-order valence-electron chi connectivity index (χ1n) is 6.52. The molecule has 0 aliphatic rings. The van der Waals surface area contributed by atoms with Crippen LogP contribution in [0.15, 0.2) is 53.0 Å². The van der Waals surface area contributed by atoms with Gasteiger partial charge in [-0.3, -0.25) is 4.79 Å². The average molecular weight is 372 g/mol. The van der Waals surface area contributed by atoms with Crippen LogP contribution in [0.5, 0.6) is 0 Å².